The Hall–Kier alpha value is -1.58. The van der Waals surface area contributed by atoms with E-state index in [-0.39, 0.29) is 0 Å². The smallest absolute Gasteiger partial charge is 0.215 e. The van der Waals surface area contributed by atoms with Crippen LogP contribution in [0.5, 0.6) is 0 Å². The zero-order valence-corrected chi connectivity index (χ0v) is 16.9. The van der Waals surface area contributed by atoms with Crippen molar-refractivity contribution >= 4 is 33.5 Å². The zero-order valence-electron chi connectivity index (χ0n) is 15.3. The van der Waals surface area contributed by atoms with E-state index >= 15 is 0 Å². The van der Waals surface area contributed by atoms with E-state index in [0.717, 1.165) is 11.0 Å². The Morgan fingerprint density at radius 3 is 1.81 bits per heavy atom. The van der Waals surface area contributed by atoms with Gasteiger partial charge in [0.2, 0.25) is 10.4 Å². The number of hydrogen-bond donors (Lipinski definition) is 1. The molecule has 0 radical (unpaired) electrons. The van der Waals surface area contributed by atoms with Crippen molar-refractivity contribution in [1.29, 1.82) is 0 Å². The number of nitrogens with zero attached hydrogens (tertiary/aromatic N) is 2. The summed E-state index contributed by atoms with van der Waals surface area (Å²) in [5.41, 5.74) is 2.67. The Kier molecular flexibility index (Phi) is 6.36. The third-order valence-electron chi connectivity index (χ3n) is 4.30. The van der Waals surface area contributed by atoms with Gasteiger partial charge in [-0.2, -0.15) is 0 Å². The van der Waals surface area contributed by atoms with Crippen molar-refractivity contribution in [1.82, 2.24) is 0 Å². The molecule has 2 aromatic carbocycles. The van der Waals surface area contributed by atoms with Crippen molar-refractivity contribution in [3.63, 3.8) is 0 Å². The number of anilines is 2. The summed E-state index contributed by atoms with van der Waals surface area (Å²) in [6, 6.07) is 18.0. The van der Waals surface area contributed by atoms with Gasteiger partial charge in [-0.25, -0.2) is 8.42 Å². The lowest BCUT2D eigenvalue weighted by molar-refractivity contribution is -0.892. The van der Waals surface area contributed by atoms with Gasteiger partial charge in [0.1, 0.15) is 6.04 Å². The average Bonchev–Trinajstić information content (AvgIpc) is 2.52. The van der Waals surface area contributed by atoms with Gasteiger partial charge in [0.05, 0.1) is 39.1 Å². The fraction of sp³-hybridized carbons (Fsp3) is 0.333. The minimum atomic E-state index is -4.92. The number of rotatable bonds is 3. The van der Waals surface area contributed by atoms with Crippen LogP contribution < -0.4 is 4.90 Å². The van der Waals surface area contributed by atoms with Gasteiger partial charge in [-0.3, -0.25) is 4.55 Å². The minimum absolute atomic E-state index is 0.550. The van der Waals surface area contributed by atoms with Crippen molar-refractivity contribution in [2.24, 2.45) is 0 Å². The van der Waals surface area contributed by atoms with E-state index in [4.69, 9.17) is 17.5 Å². The van der Waals surface area contributed by atoms with Gasteiger partial charge >= 0.3 is 0 Å². The fourth-order valence-electron chi connectivity index (χ4n) is 2.49. The molecule has 1 aliphatic heterocycles. The molecule has 3 rings (SSSR count). The molecule has 1 unspecified atom stereocenters. The minimum Gasteiger partial charge on any atom is -0.726 e. The van der Waals surface area contributed by atoms with Gasteiger partial charge in [0.25, 0.3) is 0 Å². The molecule has 0 amide bonds. The van der Waals surface area contributed by atoms with Crippen molar-refractivity contribution in [3.8, 4) is 0 Å². The van der Waals surface area contributed by atoms with Gasteiger partial charge < -0.3 is 13.9 Å². The van der Waals surface area contributed by atoms with Gasteiger partial charge in [-0.05, 0) is 31.2 Å². The third kappa shape index (κ3) is 5.72. The first-order valence-corrected chi connectivity index (χ1v) is 10.3. The molecular weight excluding hydrogens is 372 g/mol. The van der Waals surface area contributed by atoms with Crippen molar-refractivity contribution in [2.75, 3.05) is 32.6 Å². The largest absolute Gasteiger partial charge is 0.726 e. The molecular formula is C18H24N2O4S2. The molecule has 0 aromatic heterocycles. The Morgan fingerprint density at radius 2 is 1.42 bits per heavy atom. The molecule has 0 bridgehead atoms. The molecule has 6 nitrogen and oxygen atoms in total. The summed E-state index contributed by atoms with van der Waals surface area (Å²) < 4.78 is 33.8. The summed E-state index contributed by atoms with van der Waals surface area (Å²) >= 11 is 1.87. The molecule has 1 aliphatic rings. The highest BCUT2D eigenvalue weighted by Crippen LogP contribution is 2.47. The van der Waals surface area contributed by atoms with E-state index in [0.29, 0.717) is 6.04 Å². The summed E-state index contributed by atoms with van der Waals surface area (Å²) in [6.45, 7) is 3.35. The maximum Gasteiger partial charge on any atom is 0.215 e. The molecule has 0 saturated carbocycles. The van der Waals surface area contributed by atoms with Crippen molar-refractivity contribution in [2.45, 2.75) is 22.8 Å². The van der Waals surface area contributed by atoms with E-state index in [2.05, 4.69) is 81.5 Å². The predicted octanol–water partition coefficient (Wildman–Crippen LogP) is 3.39. The summed E-state index contributed by atoms with van der Waals surface area (Å²) in [4.78, 5) is 5.18. The van der Waals surface area contributed by atoms with Crippen LogP contribution in [0, 0.1) is 0 Å². The lowest BCUT2D eigenvalue weighted by Crippen LogP contribution is -2.49. The van der Waals surface area contributed by atoms with Crippen LogP contribution in [0.2, 0.25) is 0 Å². The first-order chi connectivity index (χ1) is 12.0. The lowest BCUT2D eigenvalue weighted by Gasteiger charge is -2.39. The van der Waals surface area contributed by atoms with E-state index in [1.807, 2.05) is 11.8 Å². The molecule has 1 atom stereocenters. The highest BCUT2D eigenvalue weighted by atomic mass is 32.3. The highest BCUT2D eigenvalue weighted by molar-refractivity contribution is 7.99. The fourth-order valence-corrected chi connectivity index (χ4v) is 3.58. The third-order valence-corrected chi connectivity index (χ3v) is 5.43. The Balaban J connectivity index is 0.000000431. The number of quaternary nitrogens is 1. The molecule has 0 aliphatic carbocycles. The SMILES string of the molecule is CC(CN1c2ccccc2Sc2ccccc21)[N+](C)(C)C.O=S(=O)([O-])O. The molecule has 0 saturated heterocycles. The monoisotopic (exact) mass is 396 g/mol. The summed E-state index contributed by atoms with van der Waals surface area (Å²) in [7, 11) is 1.88. The Labute approximate surface area is 159 Å². The van der Waals surface area contributed by atoms with Crippen LogP contribution in [0.1, 0.15) is 6.92 Å². The molecule has 2 aromatic rings. The molecule has 8 heteroatoms. The van der Waals surface area contributed by atoms with Crippen LogP contribution in [0.4, 0.5) is 11.4 Å². The second-order valence-corrected chi connectivity index (χ2v) is 8.98. The molecule has 1 heterocycles. The van der Waals surface area contributed by atoms with E-state index in [1.54, 1.807) is 0 Å². The highest BCUT2D eigenvalue weighted by Gasteiger charge is 2.28. The number of hydrogen-bond acceptors (Lipinski definition) is 5. The van der Waals surface area contributed by atoms with Crippen molar-refractivity contribution in [3.05, 3.63) is 48.5 Å². The van der Waals surface area contributed by atoms with E-state index < -0.39 is 10.4 Å². The second-order valence-electron chi connectivity index (χ2n) is 7.04. The van der Waals surface area contributed by atoms with Gasteiger partial charge in [-0.15, -0.1) is 0 Å². The molecule has 1 N–H and O–H groups in total. The van der Waals surface area contributed by atoms with E-state index in [9.17, 15) is 0 Å². The normalized spacial score (nSPS) is 14.6. The van der Waals surface area contributed by atoms with Crippen LogP contribution in [-0.4, -0.2) is 55.7 Å². The first-order valence-electron chi connectivity index (χ1n) is 8.09. The van der Waals surface area contributed by atoms with Gasteiger partial charge in [-0.1, -0.05) is 36.0 Å². The Bertz CT molecular complexity index is 810. The number of likely N-dealkylation sites (N-methyl/N-ethyl adjacent to an activating group) is 1. The topological polar surface area (TPSA) is 80.7 Å². The maximum atomic E-state index is 8.63. The predicted molar refractivity (Wildman–Crippen MR) is 104 cm³/mol. The van der Waals surface area contributed by atoms with Gasteiger partial charge in [0.15, 0.2) is 0 Å². The number of benzene rings is 2. The van der Waals surface area contributed by atoms with Crippen LogP contribution in [-0.2, 0) is 10.4 Å². The Morgan fingerprint density at radius 1 is 1.04 bits per heavy atom. The summed E-state index contributed by atoms with van der Waals surface area (Å²) in [5.74, 6) is 0. The molecule has 26 heavy (non-hydrogen) atoms. The van der Waals surface area contributed by atoms with Crippen LogP contribution in [0.25, 0.3) is 0 Å². The summed E-state index contributed by atoms with van der Waals surface area (Å²) in [5, 5.41) is 0. The molecule has 142 valence electrons. The second kappa shape index (κ2) is 7.98. The van der Waals surface area contributed by atoms with E-state index in [1.165, 1.54) is 21.2 Å². The number of para-hydroxylation sites is 2. The first kappa shape index (κ1) is 20.7. The van der Waals surface area contributed by atoms with Crippen LogP contribution in [0.3, 0.4) is 0 Å². The number of fused-ring (bicyclic) bond motifs is 2. The molecule has 0 spiro atoms. The average molecular weight is 397 g/mol. The van der Waals surface area contributed by atoms with Crippen molar-refractivity contribution < 1.29 is 22.0 Å². The van der Waals surface area contributed by atoms with Gasteiger partial charge in [0, 0.05) is 9.79 Å². The quantitative estimate of drug-likeness (QED) is 0.487. The maximum absolute atomic E-state index is 8.63. The van der Waals surface area contributed by atoms with Crippen LogP contribution in [0.15, 0.2) is 58.3 Å². The summed E-state index contributed by atoms with van der Waals surface area (Å²) in [6.07, 6.45) is 0. The molecule has 0 fully saturated rings. The zero-order chi connectivity index (χ0) is 19.5. The standard InChI is InChI=1S/C18H23N2S.H2O4S/c1-14(20(2,3)4)13-19-15-9-5-7-11-17(15)21-18-12-8-6-10-16(18)19;1-5(2,3)4/h5-12,14H,13H2,1-4H3;(H2,1,2,3,4)/q+1;/p-1. The van der Waals surface area contributed by atoms with Crippen LogP contribution >= 0.6 is 11.8 Å². The lowest BCUT2D eigenvalue weighted by atomic mass is 10.1.